The van der Waals surface area contributed by atoms with Gasteiger partial charge in [-0.3, -0.25) is 0 Å². The molecule has 0 bridgehead atoms. The Bertz CT molecular complexity index is 692. The van der Waals surface area contributed by atoms with Gasteiger partial charge in [-0.15, -0.1) is 8.58 Å². The van der Waals surface area contributed by atoms with Crippen molar-refractivity contribution in [3.63, 3.8) is 0 Å². The first-order chi connectivity index (χ1) is 9.24. The predicted octanol–water partition coefficient (Wildman–Crippen LogP) is 5.07. The average molecular weight is 268 g/mol. The van der Waals surface area contributed by atoms with Crippen molar-refractivity contribution >= 4 is 30.1 Å². The van der Waals surface area contributed by atoms with Gasteiger partial charge in [-0.2, -0.15) is 0 Å². The molecular formula is C17H17OP. The fourth-order valence-corrected chi connectivity index (χ4v) is 3.35. The summed E-state index contributed by atoms with van der Waals surface area (Å²) < 4.78 is 0. The summed E-state index contributed by atoms with van der Waals surface area (Å²) in [7, 11) is 0.851. The van der Waals surface area contributed by atoms with Crippen LogP contribution in [0.4, 0.5) is 0 Å². The Balaban J connectivity index is 2.56. The Kier molecular flexibility index (Phi) is 3.16. The van der Waals surface area contributed by atoms with Crippen molar-refractivity contribution in [1.29, 1.82) is 0 Å². The molecule has 2 atom stereocenters. The summed E-state index contributed by atoms with van der Waals surface area (Å²) in [4.78, 5) is 0. The average Bonchev–Trinajstić information content (AvgIpc) is 2.47. The molecule has 1 nitrogen and oxygen atoms in total. The molecule has 0 aliphatic heterocycles. The van der Waals surface area contributed by atoms with Crippen LogP contribution in [0.3, 0.4) is 0 Å². The number of fused-ring (bicyclic) bond motifs is 2. The van der Waals surface area contributed by atoms with Gasteiger partial charge in [0.15, 0.2) is 0 Å². The lowest BCUT2D eigenvalue weighted by molar-refractivity contribution is 0.487. The molecule has 3 aromatic carbocycles. The van der Waals surface area contributed by atoms with Crippen LogP contribution in [0, 0.1) is 0 Å². The van der Waals surface area contributed by atoms with E-state index in [2.05, 4.69) is 25.7 Å². The van der Waals surface area contributed by atoms with Gasteiger partial charge in [0.25, 0.3) is 0 Å². The molecule has 0 aromatic heterocycles. The number of rotatable bonds is 2. The molecule has 96 valence electrons. The number of hydrogen-bond acceptors (Lipinski definition) is 1. The van der Waals surface area contributed by atoms with Crippen molar-refractivity contribution in [1.82, 2.24) is 0 Å². The molecule has 0 spiro atoms. The molecule has 3 rings (SSSR count). The van der Waals surface area contributed by atoms with E-state index in [1.807, 2.05) is 36.4 Å². The Morgan fingerprint density at radius 1 is 0.842 bits per heavy atom. The van der Waals surface area contributed by atoms with E-state index < -0.39 is 0 Å². The zero-order valence-corrected chi connectivity index (χ0v) is 12.1. The summed E-state index contributed by atoms with van der Waals surface area (Å²) in [5, 5.41) is 14.8. The van der Waals surface area contributed by atoms with Crippen LogP contribution in [0.5, 0.6) is 5.75 Å². The quantitative estimate of drug-likeness (QED) is 0.508. The number of hydrogen-bond donors (Lipinski definition) is 1. The van der Waals surface area contributed by atoms with Crippen LogP contribution < -0.4 is 0 Å². The highest BCUT2D eigenvalue weighted by Crippen LogP contribution is 2.44. The SMILES string of the molecule is CPC(C)c1c2ccccc2c(O)c2ccccc12. The molecule has 3 aromatic rings. The van der Waals surface area contributed by atoms with Gasteiger partial charge in [-0.1, -0.05) is 55.5 Å². The van der Waals surface area contributed by atoms with E-state index in [0.29, 0.717) is 11.4 Å². The van der Waals surface area contributed by atoms with Gasteiger partial charge >= 0.3 is 0 Å². The minimum absolute atomic E-state index is 0.404. The first kappa shape index (κ1) is 12.4. The van der Waals surface area contributed by atoms with E-state index in [1.54, 1.807) is 0 Å². The third kappa shape index (κ3) is 1.89. The fraction of sp³-hybridized carbons (Fsp3) is 0.176. The monoisotopic (exact) mass is 268 g/mol. The molecule has 2 unspecified atom stereocenters. The van der Waals surface area contributed by atoms with Gasteiger partial charge < -0.3 is 5.11 Å². The highest BCUT2D eigenvalue weighted by molar-refractivity contribution is 7.37. The Labute approximate surface area is 115 Å². The van der Waals surface area contributed by atoms with Gasteiger partial charge in [-0.05, 0) is 28.7 Å². The summed E-state index contributed by atoms with van der Waals surface area (Å²) in [5.74, 6) is 0.404. The van der Waals surface area contributed by atoms with E-state index in [0.717, 1.165) is 19.4 Å². The van der Waals surface area contributed by atoms with E-state index in [9.17, 15) is 5.11 Å². The lowest BCUT2D eigenvalue weighted by Crippen LogP contribution is -1.92. The lowest BCUT2D eigenvalue weighted by atomic mass is 9.94. The second-order valence-corrected chi connectivity index (χ2v) is 6.31. The van der Waals surface area contributed by atoms with Crippen molar-refractivity contribution < 1.29 is 5.11 Å². The maximum absolute atomic E-state index is 10.5. The Morgan fingerprint density at radius 3 is 1.68 bits per heavy atom. The van der Waals surface area contributed by atoms with Gasteiger partial charge in [0.1, 0.15) is 5.75 Å². The molecule has 0 amide bonds. The maximum Gasteiger partial charge on any atom is 0.131 e. The van der Waals surface area contributed by atoms with E-state index in [-0.39, 0.29) is 0 Å². The van der Waals surface area contributed by atoms with Gasteiger partial charge in [0.05, 0.1) is 0 Å². The van der Waals surface area contributed by atoms with Crippen LogP contribution in [0.25, 0.3) is 21.5 Å². The zero-order chi connectivity index (χ0) is 13.4. The molecule has 2 heteroatoms. The number of phenolic OH excluding ortho intramolecular Hbond substituents is 1. The van der Waals surface area contributed by atoms with E-state index in [4.69, 9.17) is 0 Å². The summed E-state index contributed by atoms with van der Waals surface area (Å²) in [6, 6.07) is 16.3. The Hall–Kier alpha value is -1.59. The highest BCUT2D eigenvalue weighted by atomic mass is 31.1. The van der Waals surface area contributed by atoms with Crippen LogP contribution in [0.2, 0.25) is 0 Å². The van der Waals surface area contributed by atoms with Gasteiger partial charge in [-0.25, -0.2) is 0 Å². The zero-order valence-electron chi connectivity index (χ0n) is 11.1. The van der Waals surface area contributed by atoms with Crippen molar-refractivity contribution in [3.05, 3.63) is 54.1 Å². The van der Waals surface area contributed by atoms with Crippen molar-refractivity contribution in [3.8, 4) is 5.75 Å². The fourth-order valence-electron chi connectivity index (χ4n) is 2.75. The molecule has 0 aliphatic rings. The second kappa shape index (κ2) is 4.83. The van der Waals surface area contributed by atoms with Crippen LogP contribution in [0.15, 0.2) is 48.5 Å². The lowest BCUT2D eigenvalue weighted by Gasteiger charge is -2.18. The standard InChI is InChI=1S/C17H17OP/c1-11(19-2)16-12-7-3-5-9-14(12)17(18)15-10-6-4-8-13(15)16/h3-11,18-19H,1-2H3. The highest BCUT2D eigenvalue weighted by Gasteiger charge is 2.15. The van der Waals surface area contributed by atoms with Crippen molar-refractivity contribution in [2.24, 2.45) is 0 Å². The molecule has 1 N–H and O–H groups in total. The topological polar surface area (TPSA) is 20.2 Å². The molecular weight excluding hydrogens is 251 g/mol. The predicted molar refractivity (Wildman–Crippen MR) is 85.8 cm³/mol. The third-order valence-corrected chi connectivity index (χ3v) is 4.97. The molecule has 0 aliphatic carbocycles. The van der Waals surface area contributed by atoms with Crippen LogP contribution >= 0.6 is 8.58 Å². The number of aromatic hydroxyl groups is 1. The normalized spacial score (nSPS) is 13.6. The van der Waals surface area contributed by atoms with Crippen molar-refractivity contribution in [2.45, 2.75) is 12.6 Å². The van der Waals surface area contributed by atoms with Gasteiger partial charge in [0, 0.05) is 10.8 Å². The number of benzene rings is 3. The second-order valence-electron chi connectivity index (χ2n) is 4.86. The van der Waals surface area contributed by atoms with Gasteiger partial charge in [0.2, 0.25) is 0 Å². The first-order valence-electron chi connectivity index (χ1n) is 6.53. The molecule has 19 heavy (non-hydrogen) atoms. The largest absolute Gasteiger partial charge is 0.507 e. The molecule has 0 heterocycles. The smallest absolute Gasteiger partial charge is 0.131 e. The molecule has 0 radical (unpaired) electrons. The molecule has 0 fully saturated rings. The van der Waals surface area contributed by atoms with E-state index >= 15 is 0 Å². The van der Waals surface area contributed by atoms with Crippen molar-refractivity contribution in [2.75, 3.05) is 6.66 Å². The summed E-state index contributed by atoms with van der Waals surface area (Å²) >= 11 is 0. The minimum Gasteiger partial charge on any atom is -0.507 e. The number of phenols is 1. The van der Waals surface area contributed by atoms with Crippen LogP contribution in [0.1, 0.15) is 18.1 Å². The maximum atomic E-state index is 10.5. The minimum atomic E-state index is 0.404. The molecule has 0 saturated heterocycles. The molecule has 0 saturated carbocycles. The van der Waals surface area contributed by atoms with Crippen LogP contribution in [-0.4, -0.2) is 11.8 Å². The third-order valence-electron chi connectivity index (χ3n) is 3.81. The first-order valence-corrected chi connectivity index (χ1v) is 8.11. The summed E-state index contributed by atoms with van der Waals surface area (Å²) in [5.41, 5.74) is 1.88. The summed E-state index contributed by atoms with van der Waals surface area (Å²) in [6.07, 6.45) is 0. The van der Waals surface area contributed by atoms with E-state index in [1.165, 1.54) is 16.3 Å². The Morgan fingerprint density at radius 2 is 1.26 bits per heavy atom. The van der Waals surface area contributed by atoms with Crippen LogP contribution in [-0.2, 0) is 0 Å². The summed E-state index contributed by atoms with van der Waals surface area (Å²) in [6.45, 7) is 4.50.